The zero-order valence-corrected chi connectivity index (χ0v) is 11.7. The molecule has 0 aliphatic rings. The second-order valence-electron chi connectivity index (χ2n) is 4.69. The molecular formula is C14H17FN4O. The number of rotatable bonds is 3. The molecule has 1 amide bonds. The van der Waals surface area contributed by atoms with Gasteiger partial charge in [0.25, 0.3) is 5.91 Å². The first-order chi connectivity index (χ1) is 9.40. The van der Waals surface area contributed by atoms with Gasteiger partial charge in [-0.15, -0.1) is 0 Å². The van der Waals surface area contributed by atoms with Crippen molar-refractivity contribution < 1.29 is 9.18 Å². The van der Waals surface area contributed by atoms with Crippen LogP contribution in [0.1, 0.15) is 27.3 Å². The maximum Gasteiger partial charge on any atom is 0.254 e. The molecule has 6 heteroatoms. The summed E-state index contributed by atoms with van der Waals surface area (Å²) in [6.45, 7) is 4.11. The van der Waals surface area contributed by atoms with Crippen molar-refractivity contribution in [2.24, 2.45) is 7.05 Å². The Kier molecular flexibility index (Phi) is 3.74. The average Bonchev–Trinajstić information content (AvgIpc) is 2.61. The fourth-order valence-electron chi connectivity index (χ4n) is 2.05. The molecule has 0 fully saturated rings. The summed E-state index contributed by atoms with van der Waals surface area (Å²) in [5.74, 6) is -1.09. The Balaban J connectivity index is 2.12. The zero-order valence-electron chi connectivity index (χ0n) is 11.7. The van der Waals surface area contributed by atoms with E-state index in [0.717, 1.165) is 23.0 Å². The smallest absolute Gasteiger partial charge is 0.254 e. The number of nitrogens with zero attached hydrogens (tertiary/aromatic N) is 2. The van der Waals surface area contributed by atoms with Crippen LogP contribution in [0.5, 0.6) is 0 Å². The summed E-state index contributed by atoms with van der Waals surface area (Å²) in [7, 11) is 1.84. The van der Waals surface area contributed by atoms with Crippen LogP contribution in [-0.2, 0) is 13.6 Å². The minimum absolute atomic E-state index is 0.0154. The Morgan fingerprint density at radius 2 is 2.15 bits per heavy atom. The van der Waals surface area contributed by atoms with Crippen molar-refractivity contribution in [3.63, 3.8) is 0 Å². The fraction of sp³-hybridized carbons (Fsp3) is 0.286. The highest BCUT2D eigenvalue weighted by Crippen LogP contribution is 2.14. The Hall–Kier alpha value is -2.37. The molecule has 0 spiro atoms. The molecule has 0 saturated carbocycles. The molecule has 0 atom stereocenters. The van der Waals surface area contributed by atoms with Gasteiger partial charge in [0.1, 0.15) is 5.82 Å². The molecule has 0 bridgehead atoms. The van der Waals surface area contributed by atoms with Gasteiger partial charge in [0.2, 0.25) is 0 Å². The molecule has 1 heterocycles. The Bertz CT molecular complexity index is 663. The number of hydrogen-bond donors (Lipinski definition) is 2. The van der Waals surface area contributed by atoms with E-state index in [1.165, 1.54) is 12.1 Å². The van der Waals surface area contributed by atoms with Crippen LogP contribution in [0.15, 0.2) is 18.2 Å². The van der Waals surface area contributed by atoms with Gasteiger partial charge in [-0.1, -0.05) is 0 Å². The number of carbonyl (C=O) groups excluding carboxylic acids is 1. The third-order valence-corrected chi connectivity index (χ3v) is 3.32. The van der Waals surface area contributed by atoms with Crippen LogP contribution in [0.2, 0.25) is 0 Å². The number of halogens is 1. The number of hydrogen-bond acceptors (Lipinski definition) is 3. The number of nitrogens with one attached hydrogen (secondary N) is 1. The third-order valence-electron chi connectivity index (χ3n) is 3.32. The van der Waals surface area contributed by atoms with Crippen LogP contribution in [0.3, 0.4) is 0 Å². The first-order valence-corrected chi connectivity index (χ1v) is 6.22. The lowest BCUT2D eigenvalue weighted by Crippen LogP contribution is -2.24. The Labute approximate surface area is 116 Å². The number of amides is 1. The molecule has 3 N–H and O–H groups in total. The van der Waals surface area contributed by atoms with Crippen molar-refractivity contribution in [2.45, 2.75) is 20.4 Å². The summed E-state index contributed by atoms with van der Waals surface area (Å²) >= 11 is 0. The lowest BCUT2D eigenvalue weighted by molar-refractivity contribution is 0.0947. The van der Waals surface area contributed by atoms with Gasteiger partial charge in [0.05, 0.1) is 11.3 Å². The van der Waals surface area contributed by atoms with Crippen LogP contribution in [0.4, 0.5) is 10.1 Å². The highest BCUT2D eigenvalue weighted by atomic mass is 19.1. The number of benzene rings is 1. The monoisotopic (exact) mass is 276 g/mol. The van der Waals surface area contributed by atoms with Gasteiger partial charge in [-0.25, -0.2) is 4.39 Å². The van der Waals surface area contributed by atoms with E-state index in [1.54, 1.807) is 4.68 Å². The molecule has 2 rings (SSSR count). The van der Waals surface area contributed by atoms with E-state index in [2.05, 4.69) is 10.4 Å². The normalized spacial score (nSPS) is 10.6. The number of anilines is 1. The fourth-order valence-corrected chi connectivity index (χ4v) is 2.05. The number of carbonyl (C=O) groups is 1. The SMILES string of the molecule is Cc1nn(C)c(C)c1CNC(=O)c1ccc(N)cc1F. The second-order valence-corrected chi connectivity index (χ2v) is 4.69. The van der Waals surface area contributed by atoms with Gasteiger partial charge >= 0.3 is 0 Å². The number of aromatic nitrogens is 2. The minimum atomic E-state index is -0.623. The quantitative estimate of drug-likeness (QED) is 0.838. The predicted molar refractivity (Wildman–Crippen MR) is 74.7 cm³/mol. The molecule has 0 aliphatic carbocycles. The van der Waals surface area contributed by atoms with Gasteiger partial charge in [-0.2, -0.15) is 5.10 Å². The Morgan fingerprint density at radius 3 is 2.70 bits per heavy atom. The van der Waals surface area contributed by atoms with Crippen molar-refractivity contribution in [3.05, 3.63) is 46.5 Å². The van der Waals surface area contributed by atoms with Crippen molar-refractivity contribution >= 4 is 11.6 Å². The largest absolute Gasteiger partial charge is 0.399 e. The van der Waals surface area contributed by atoms with E-state index < -0.39 is 11.7 Å². The lowest BCUT2D eigenvalue weighted by atomic mass is 10.1. The van der Waals surface area contributed by atoms with Crippen molar-refractivity contribution in [1.29, 1.82) is 0 Å². The average molecular weight is 276 g/mol. The topological polar surface area (TPSA) is 72.9 Å². The first kappa shape index (κ1) is 14.0. The molecule has 0 unspecified atom stereocenters. The lowest BCUT2D eigenvalue weighted by Gasteiger charge is -2.07. The Morgan fingerprint density at radius 1 is 1.45 bits per heavy atom. The van der Waals surface area contributed by atoms with E-state index in [9.17, 15) is 9.18 Å². The molecule has 0 aliphatic heterocycles. The zero-order chi connectivity index (χ0) is 14.9. The van der Waals surface area contributed by atoms with Crippen molar-refractivity contribution in [3.8, 4) is 0 Å². The molecule has 106 valence electrons. The van der Waals surface area contributed by atoms with E-state index in [4.69, 9.17) is 5.73 Å². The maximum atomic E-state index is 13.6. The second kappa shape index (κ2) is 5.32. The van der Waals surface area contributed by atoms with Gasteiger partial charge in [-0.05, 0) is 32.0 Å². The molecule has 2 aromatic rings. The molecule has 20 heavy (non-hydrogen) atoms. The summed E-state index contributed by atoms with van der Waals surface area (Å²) in [5, 5.41) is 6.96. The van der Waals surface area contributed by atoms with Crippen LogP contribution >= 0.6 is 0 Å². The van der Waals surface area contributed by atoms with E-state index in [1.807, 2.05) is 20.9 Å². The van der Waals surface area contributed by atoms with Crippen molar-refractivity contribution in [2.75, 3.05) is 5.73 Å². The molecule has 5 nitrogen and oxygen atoms in total. The van der Waals surface area contributed by atoms with E-state index >= 15 is 0 Å². The summed E-state index contributed by atoms with van der Waals surface area (Å²) in [6, 6.07) is 4.01. The number of nitrogens with two attached hydrogens (primary N) is 1. The summed E-state index contributed by atoms with van der Waals surface area (Å²) < 4.78 is 15.4. The van der Waals surface area contributed by atoms with Gasteiger partial charge < -0.3 is 11.1 Å². The molecule has 1 aromatic heterocycles. The third kappa shape index (κ3) is 2.64. The van der Waals surface area contributed by atoms with Crippen LogP contribution in [0.25, 0.3) is 0 Å². The molecule has 0 radical (unpaired) electrons. The summed E-state index contributed by atoms with van der Waals surface area (Å²) in [4.78, 5) is 12.0. The van der Waals surface area contributed by atoms with Crippen molar-refractivity contribution in [1.82, 2.24) is 15.1 Å². The van der Waals surface area contributed by atoms with E-state index in [-0.39, 0.29) is 11.3 Å². The summed E-state index contributed by atoms with van der Waals surface area (Å²) in [5.41, 5.74) is 8.49. The molecular weight excluding hydrogens is 259 g/mol. The number of nitrogen functional groups attached to an aromatic ring is 1. The molecule has 0 saturated heterocycles. The highest BCUT2D eigenvalue weighted by molar-refractivity contribution is 5.94. The first-order valence-electron chi connectivity index (χ1n) is 6.22. The van der Waals surface area contributed by atoms with Gasteiger partial charge in [0.15, 0.2) is 0 Å². The predicted octanol–water partition coefficient (Wildman–Crippen LogP) is 1.69. The highest BCUT2D eigenvalue weighted by Gasteiger charge is 2.14. The van der Waals surface area contributed by atoms with Gasteiger partial charge in [0, 0.05) is 30.5 Å². The van der Waals surface area contributed by atoms with E-state index in [0.29, 0.717) is 6.54 Å². The maximum absolute atomic E-state index is 13.6. The van der Waals surface area contributed by atoms with Crippen LogP contribution in [-0.4, -0.2) is 15.7 Å². The van der Waals surface area contributed by atoms with Crippen LogP contribution in [0, 0.1) is 19.7 Å². The number of aryl methyl sites for hydroxylation is 2. The summed E-state index contributed by atoms with van der Waals surface area (Å²) in [6.07, 6.45) is 0. The van der Waals surface area contributed by atoms with Gasteiger partial charge in [-0.3, -0.25) is 9.48 Å². The molecule has 1 aromatic carbocycles. The minimum Gasteiger partial charge on any atom is -0.399 e. The van der Waals surface area contributed by atoms with Crippen LogP contribution < -0.4 is 11.1 Å². The standard InChI is InChI=1S/C14H17FN4O/c1-8-12(9(2)19(3)18-8)7-17-14(20)11-5-4-10(16)6-13(11)15/h4-6H,7,16H2,1-3H3,(H,17,20).